The van der Waals surface area contributed by atoms with Gasteiger partial charge in [-0.15, -0.1) is 0 Å². The highest BCUT2D eigenvalue weighted by Crippen LogP contribution is 2.21. The first-order chi connectivity index (χ1) is 14.9. The Kier molecular flexibility index (Phi) is 7.59. The van der Waals surface area contributed by atoms with E-state index in [-0.39, 0.29) is 35.7 Å². The van der Waals surface area contributed by atoms with Crippen molar-refractivity contribution in [3.63, 3.8) is 0 Å². The molecule has 0 saturated carbocycles. The van der Waals surface area contributed by atoms with Gasteiger partial charge >= 0.3 is 0 Å². The minimum atomic E-state index is -0.910. The molecule has 3 rings (SSSR count). The summed E-state index contributed by atoms with van der Waals surface area (Å²) in [7, 11) is 0. The van der Waals surface area contributed by atoms with Gasteiger partial charge in [0, 0.05) is 23.7 Å². The molecular formula is C22H23ClN4O3S. The molecule has 1 saturated heterocycles. The third-order valence-electron chi connectivity index (χ3n) is 4.83. The quantitative estimate of drug-likeness (QED) is 0.594. The van der Waals surface area contributed by atoms with Gasteiger partial charge in [-0.25, -0.2) is 5.01 Å². The fourth-order valence-corrected chi connectivity index (χ4v) is 3.87. The largest absolute Gasteiger partial charge is 0.326 e. The highest BCUT2D eigenvalue weighted by Gasteiger charge is 2.43. The van der Waals surface area contributed by atoms with E-state index in [0.29, 0.717) is 23.7 Å². The average molecular weight is 459 g/mol. The summed E-state index contributed by atoms with van der Waals surface area (Å²) in [5.74, 6) is -0.987. The van der Waals surface area contributed by atoms with Crippen molar-refractivity contribution in [2.75, 3.05) is 11.9 Å². The molecule has 1 fully saturated rings. The number of rotatable bonds is 8. The van der Waals surface area contributed by atoms with Crippen LogP contribution in [0, 0.1) is 0 Å². The van der Waals surface area contributed by atoms with Crippen molar-refractivity contribution < 1.29 is 14.4 Å². The van der Waals surface area contributed by atoms with Gasteiger partial charge in [-0.3, -0.25) is 24.7 Å². The van der Waals surface area contributed by atoms with E-state index in [0.717, 1.165) is 5.56 Å². The molecule has 31 heavy (non-hydrogen) atoms. The number of carbonyl (C=O) groups is 3. The Morgan fingerprint density at radius 1 is 1.10 bits per heavy atom. The number of likely N-dealkylation sites (N-methyl/N-ethyl adjacent to an activating group) is 1. The Bertz CT molecular complexity index is 986. The van der Waals surface area contributed by atoms with Gasteiger partial charge in [-0.2, -0.15) is 0 Å². The summed E-state index contributed by atoms with van der Waals surface area (Å²) in [5.41, 5.74) is 4.27. The summed E-state index contributed by atoms with van der Waals surface area (Å²) in [6.45, 7) is 2.13. The predicted octanol–water partition coefficient (Wildman–Crippen LogP) is 3.15. The lowest BCUT2D eigenvalue weighted by Crippen LogP contribution is -2.49. The van der Waals surface area contributed by atoms with Gasteiger partial charge in [0.05, 0.1) is 6.42 Å². The number of hydrazine groups is 1. The minimum Gasteiger partial charge on any atom is -0.326 e. The van der Waals surface area contributed by atoms with Gasteiger partial charge in [-0.1, -0.05) is 48.0 Å². The molecular weight excluding hydrogens is 436 g/mol. The molecule has 1 aliphatic rings. The molecule has 162 valence electrons. The number of hydrogen-bond donors (Lipinski definition) is 2. The summed E-state index contributed by atoms with van der Waals surface area (Å²) < 4.78 is 0. The third kappa shape index (κ3) is 5.80. The number of anilines is 1. The molecule has 3 amide bonds. The molecule has 0 bridgehead atoms. The van der Waals surface area contributed by atoms with Gasteiger partial charge in [-0.05, 0) is 49.3 Å². The van der Waals surface area contributed by atoms with Crippen molar-refractivity contribution in [2.24, 2.45) is 0 Å². The van der Waals surface area contributed by atoms with Crippen molar-refractivity contribution in [1.82, 2.24) is 15.3 Å². The highest BCUT2D eigenvalue weighted by atomic mass is 35.5. The first kappa shape index (κ1) is 22.7. The molecule has 2 aromatic rings. The molecule has 0 aromatic heterocycles. The first-order valence-corrected chi connectivity index (χ1v) is 10.7. The topological polar surface area (TPSA) is 81.8 Å². The molecule has 0 radical (unpaired) electrons. The molecule has 0 unspecified atom stereocenters. The van der Waals surface area contributed by atoms with Crippen molar-refractivity contribution >= 4 is 52.3 Å². The van der Waals surface area contributed by atoms with E-state index in [1.807, 2.05) is 30.3 Å². The Labute approximate surface area is 191 Å². The van der Waals surface area contributed by atoms with Crippen LogP contribution in [0.15, 0.2) is 54.6 Å². The third-order valence-corrected chi connectivity index (χ3v) is 5.48. The number of amides is 3. The molecule has 1 aliphatic heterocycles. The first-order valence-electron chi connectivity index (χ1n) is 9.92. The Hall–Kier alpha value is -2.97. The monoisotopic (exact) mass is 458 g/mol. The zero-order chi connectivity index (χ0) is 22.4. The van der Waals surface area contributed by atoms with Crippen LogP contribution in [0.1, 0.15) is 25.3 Å². The van der Waals surface area contributed by atoms with Gasteiger partial charge in [0.1, 0.15) is 6.04 Å². The number of hydrogen-bond acceptors (Lipinski definition) is 4. The van der Waals surface area contributed by atoms with Crippen LogP contribution in [0.25, 0.3) is 0 Å². The molecule has 2 aromatic carbocycles. The van der Waals surface area contributed by atoms with Gasteiger partial charge in [0.25, 0.3) is 5.91 Å². The van der Waals surface area contributed by atoms with Crippen LogP contribution in [-0.2, 0) is 20.8 Å². The number of thiocarbonyl (C=S) groups is 1. The number of halogens is 1. The van der Waals surface area contributed by atoms with Crippen LogP contribution in [-0.4, -0.2) is 45.3 Å². The maximum Gasteiger partial charge on any atom is 0.254 e. The predicted molar refractivity (Wildman–Crippen MR) is 123 cm³/mol. The second-order valence-electron chi connectivity index (χ2n) is 7.03. The second-order valence-corrected chi connectivity index (χ2v) is 7.84. The van der Waals surface area contributed by atoms with E-state index in [4.69, 9.17) is 23.8 Å². The molecule has 1 atom stereocenters. The standard InChI is InChI=1S/C22H23ClN4O3S/c1-2-26-21(30)18(14-20(29)24-17-10-6-9-16(23)13-17)27(22(26)31)25-19(28)12-11-15-7-4-3-5-8-15/h3-10,13,18H,2,11-12,14H2,1H3,(H,24,29)(H,25,28)/t18-/m0/s1. The molecule has 2 N–H and O–H groups in total. The lowest BCUT2D eigenvalue weighted by Gasteiger charge is -2.24. The fraction of sp³-hybridized carbons (Fsp3) is 0.273. The Morgan fingerprint density at radius 2 is 1.84 bits per heavy atom. The van der Waals surface area contributed by atoms with Crippen LogP contribution < -0.4 is 10.7 Å². The number of benzene rings is 2. The zero-order valence-corrected chi connectivity index (χ0v) is 18.6. The van der Waals surface area contributed by atoms with E-state index in [2.05, 4.69) is 10.7 Å². The lowest BCUT2D eigenvalue weighted by atomic mass is 10.1. The molecule has 0 spiro atoms. The van der Waals surface area contributed by atoms with Gasteiger partial charge in [0.2, 0.25) is 11.8 Å². The highest BCUT2D eigenvalue weighted by molar-refractivity contribution is 7.80. The van der Waals surface area contributed by atoms with Crippen LogP contribution in [0.3, 0.4) is 0 Å². The number of nitrogens with zero attached hydrogens (tertiary/aromatic N) is 2. The van der Waals surface area contributed by atoms with Crippen LogP contribution in [0.2, 0.25) is 5.02 Å². The van der Waals surface area contributed by atoms with E-state index >= 15 is 0 Å². The average Bonchev–Trinajstić information content (AvgIpc) is 2.96. The summed E-state index contributed by atoms with van der Waals surface area (Å²) in [6, 6.07) is 15.4. The Morgan fingerprint density at radius 3 is 2.52 bits per heavy atom. The van der Waals surface area contributed by atoms with E-state index in [1.54, 1.807) is 31.2 Å². The molecule has 1 heterocycles. The second kappa shape index (κ2) is 10.4. The maximum atomic E-state index is 12.8. The zero-order valence-electron chi connectivity index (χ0n) is 17.0. The van der Waals surface area contributed by atoms with Gasteiger partial charge in [0.15, 0.2) is 5.11 Å². The number of nitrogens with one attached hydrogen (secondary N) is 2. The van der Waals surface area contributed by atoms with Gasteiger partial charge < -0.3 is 5.32 Å². The summed E-state index contributed by atoms with van der Waals surface area (Å²) in [4.78, 5) is 39.3. The fourth-order valence-electron chi connectivity index (χ4n) is 3.29. The molecule has 9 heteroatoms. The lowest BCUT2D eigenvalue weighted by molar-refractivity contribution is -0.132. The Balaban J connectivity index is 1.65. The van der Waals surface area contributed by atoms with Crippen molar-refractivity contribution in [3.05, 3.63) is 65.2 Å². The maximum absolute atomic E-state index is 12.8. The van der Waals surface area contributed by atoms with Crippen molar-refractivity contribution in [1.29, 1.82) is 0 Å². The molecule has 7 nitrogen and oxygen atoms in total. The summed E-state index contributed by atoms with van der Waals surface area (Å²) >= 11 is 11.3. The molecule has 0 aliphatic carbocycles. The van der Waals surface area contributed by atoms with E-state index in [1.165, 1.54) is 9.91 Å². The van der Waals surface area contributed by atoms with Crippen LogP contribution in [0.5, 0.6) is 0 Å². The summed E-state index contributed by atoms with van der Waals surface area (Å²) in [6.07, 6.45) is 0.616. The van der Waals surface area contributed by atoms with Crippen molar-refractivity contribution in [3.8, 4) is 0 Å². The number of aryl methyl sites for hydroxylation is 1. The van der Waals surface area contributed by atoms with E-state index in [9.17, 15) is 14.4 Å². The van der Waals surface area contributed by atoms with E-state index < -0.39 is 6.04 Å². The smallest absolute Gasteiger partial charge is 0.254 e. The van der Waals surface area contributed by atoms with Crippen LogP contribution >= 0.6 is 23.8 Å². The number of carbonyl (C=O) groups excluding carboxylic acids is 3. The normalized spacial score (nSPS) is 15.9. The van der Waals surface area contributed by atoms with Crippen molar-refractivity contribution in [2.45, 2.75) is 32.2 Å². The minimum absolute atomic E-state index is 0.166. The summed E-state index contributed by atoms with van der Waals surface area (Å²) in [5, 5.41) is 4.72. The SMILES string of the molecule is CCN1C(=O)[C@H](CC(=O)Nc2cccc(Cl)c2)N(NC(=O)CCc2ccccc2)C1=S. The van der Waals surface area contributed by atoms with Crippen LogP contribution in [0.4, 0.5) is 5.69 Å².